The second-order valence-electron chi connectivity index (χ2n) is 6.56. The molecule has 0 bridgehead atoms. The Bertz CT molecular complexity index is 1160. The van der Waals surface area contributed by atoms with Crippen molar-refractivity contribution in [3.8, 4) is 0 Å². The summed E-state index contributed by atoms with van der Waals surface area (Å²) in [5.74, 6) is 0.332. The van der Waals surface area contributed by atoms with Gasteiger partial charge in [0.25, 0.3) is 5.91 Å². The molecular formula is C20H17Cl4N5O2S. The first kappa shape index (κ1) is 24.7. The molecule has 12 heteroatoms. The van der Waals surface area contributed by atoms with Gasteiger partial charge in [-0.1, -0.05) is 58.2 Å². The van der Waals surface area contributed by atoms with Crippen molar-refractivity contribution in [1.82, 2.24) is 20.1 Å². The van der Waals surface area contributed by atoms with Gasteiger partial charge in [0.15, 0.2) is 5.16 Å². The number of benzene rings is 2. The maximum Gasteiger partial charge on any atom is 0.251 e. The van der Waals surface area contributed by atoms with Crippen LogP contribution in [0.2, 0.25) is 20.1 Å². The van der Waals surface area contributed by atoms with E-state index in [1.165, 1.54) is 17.8 Å². The highest BCUT2D eigenvalue weighted by Crippen LogP contribution is 2.25. The van der Waals surface area contributed by atoms with Gasteiger partial charge < -0.3 is 15.2 Å². The van der Waals surface area contributed by atoms with Crippen molar-refractivity contribution < 1.29 is 9.59 Å². The summed E-state index contributed by atoms with van der Waals surface area (Å²) in [5.41, 5.74) is 0.975. The molecule has 32 heavy (non-hydrogen) atoms. The first-order valence-corrected chi connectivity index (χ1v) is 11.7. The van der Waals surface area contributed by atoms with Crippen molar-refractivity contribution in [2.24, 2.45) is 7.05 Å². The van der Waals surface area contributed by atoms with Crippen LogP contribution in [0.25, 0.3) is 0 Å². The predicted octanol–water partition coefficient (Wildman–Crippen LogP) is 5.13. The zero-order valence-corrected chi connectivity index (χ0v) is 20.5. The van der Waals surface area contributed by atoms with Gasteiger partial charge in [-0.2, -0.15) is 0 Å². The molecule has 0 unspecified atom stereocenters. The summed E-state index contributed by atoms with van der Waals surface area (Å²) in [4.78, 5) is 24.4. The lowest BCUT2D eigenvalue weighted by molar-refractivity contribution is -0.113. The summed E-state index contributed by atoms with van der Waals surface area (Å²) < 4.78 is 1.78. The Labute approximate surface area is 208 Å². The lowest BCUT2D eigenvalue weighted by Crippen LogP contribution is -2.26. The Morgan fingerprint density at radius 2 is 1.66 bits per heavy atom. The first-order valence-electron chi connectivity index (χ1n) is 9.24. The second kappa shape index (κ2) is 11.2. The van der Waals surface area contributed by atoms with E-state index in [0.717, 1.165) is 0 Å². The minimum Gasteiger partial charge on any atom is -0.352 e. The molecule has 1 heterocycles. The van der Waals surface area contributed by atoms with Crippen LogP contribution in [0, 0.1) is 0 Å². The third kappa shape index (κ3) is 6.52. The summed E-state index contributed by atoms with van der Waals surface area (Å²) in [5, 5.41) is 15.9. The van der Waals surface area contributed by atoms with Crippen LogP contribution in [-0.2, 0) is 18.3 Å². The van der Waals surface area contributed by atoms with Crippen LogP contribution in [-0.4, -0.2) is 38.9 Å². The summed E-state index contributed by atoms with van der Waals surface area (Å²) in [6.45, 7) is 0.355. The van der Waals surface area contributed by atoms with Crippen LogP contribution < -0.4 is 10.6 Å². The van der Waals surface area contributed by atoms with Gasteiger partial charge in [0.05, 0.1) is 25.8 Å². The van der Waals surface area contributed by atoms with Crippen LogP contribution in [0.5, 0.6) is 0 Å². The Balaban J connectivity index is 1.48. The van der Waals surface area contributed by atoms with E-state index in [9.17, 15) is 9.59 Å². The standard InChI is InChI=1S/C20H17Cl4N5O2S/c1-29-17(6-7-25-19(31)11-2-4-13(21)15(23)8-11)27-28-20(29)32-10-18(30)26-12-3-5-14(22)16(24)9-12/h2-5,8-9H,6-7,10H2,1H3,(H,25,31)(H,26,30). The third-order valence-corrected chi connectivity index (χ3v) is 6.78. The van der Waals surface area contributed by atoms with Gasteiger partial charge in [-0.05, 0) is 36.4 Å². The average molecular weight is 533 g/mol. The lowest BCUT2D eigenvalue weighted by Gasteiger charge is -2.07. The molecule has 0 fully saturated rings. The largest absolute Gasteiger partial charge is 0.352 e. The SMILES string of the molecule is Cn1c(CCNC(=O)c2ccc(Cl)c(Cl)c2)nnc1SCC(=O)Nc1ccc(Cl)c(Cl)c1. The van der Waals surface area contributed by atoms with Crippen molar-refractivity contribution >= 4 is 75.7 Å². The molecule has 2 aromatic carbocycles. The van der Waals surface area contributed by atoms with Gasteiger partial charge >= 0.3 is 0 Å². The van der Waals surface area contributed by atoms with Crippen LogP contribution >= 0.6 is 58.2 Å². The molecule has 3 rings (SSSR count). The summed E-state index contributed by atoms with van der Waals surface area (Å²) in [6.07, 6.45) is 0.465. The quantitative estimate of drug-likeness (QED) is 0.392. The topological polar surface area (TPSA) is 88.9 Å². The van der Waals surface area contributed by atoms with E-state index in [1.54, 1.807) is 41.9 Å². The van der Waals surface area contributed by atoms with Crippen molar-refractivity contribution in [3.05, 3.63) is 67.9 Å². The van der Waals surface area contributed by atoms with Crippen molar-refractivity contribution in [2.45, 2.75) is 11.6 Å². The molecule has 0 saturated heterocycles. The number of nitrogens with one attached hydrogen (secondary N) is 2. The number of amides is 2. The Morgan fingerprint density at radius 3 is 2.34 bits per heavy atom. The van der Waals surface area contributed by atoms with E-state index in [4.69, 9.17) is 46.4 Å². The number of aromatic nitrogens is 3. The number of thioether (sulfide) groups is 1. The van der Waals surface area contributed by atoms with Crippen molar-refractivity contribution in [1.29, 1.82) is 0 Å². The van der Waals surface area contributed by atoms with Gasteiger partial charge in [-0.3, -0.25) is 9.59 Å². The minimum atomic E-state index is -0.265. The fraction of sp³-hybridized carbons (Fsp3) is 0.200. The molecule has 0 aliphatic heterocycles. The van der Waals surface area contributed by atoms with E-state index in [1.807, 2.05) is 0 Å². The number of carbonyl (C=O) groups is 2. The lowest BCUT2D eigenvalue weighted by atomic mass is 10.2. The Kier molecular flexibility index (Phi) is 8.67. The van der Waals surface area contributed by atoms with E-state index < -0.39 is 0 Å². The van der Waals surface area contributed by atoms with Crippen LogP contribution in [0.1, 0.15) is 16.2 Å². The van der Waals surface area contributed by atoms with E-state index in [0.29, 0.717) is 55.3 Å². The molecule has 0 aliphatic rings. The summed E-state index contributed by atoms with van der Waals surface area (Å²) in [6, 6.07) is 9.55. The van der Waals surface area contributed by atoms with Crippen LogP contribution in [0.4, 0.5) is 5.69 Å². The molecule has 168 valence electrons. The Hall–Kier alpha value is -1.97. The van der Waals surface area contributed by atoms with Gasteiger partial charge in [-0.25, -0.2) is 0 Å². The zero-order valence-electron chi connectivity index (χ0n) is 16.7. The summed E-state index contributed by atoms with van der Waals surface area (Å²) in [7, 11) is 1.80. The number of hydrogen-bond acceptors (Lipinski definition) is 5. The number of nitrogens with zero attached hydrogens (tertiary/aromatic N) is 3. The molecule has 1 aromatic heterocycles. The second-order valence-corrected chi connectivity index (χ2v) is 9.13. The Morgan fingerprint density at radius 1 is 0.969 bits per heavy atom. The minimum absolute atomic E-state index is 0.139. The number of rotatable bonds is 8. The molecule has 0 radical (unpaired) electrons. The zero-order chi connectivity index (χ0) is 23.3. The summed E-state index contributed by atoms with van der Waals surface area (Å²) >= 11 is 24.9. The molecule has 2 amide bonds. The molecule has 0 saturated carbocycles. The van der Waals surface area contributed by atoms with Gasteiger partial charge in [0.1, 0.15) is 5.82 Å². The highest BCUT2D eigenvalue weighted by molar-refractivity contribution is 7.99. The molecule has 0 spiro atoms. The number of hydrogen-bond donors (Lipinski definition) is 2. The van der Waals surface area contributed by atoms with Crippen molar-refractivity contribution in [2.75, 3.05) is 17.6 Å². The molecule has 7 nitrogen and oxygen atoms in total. The molecule has 0 aliphatic carbocycles. The monoisotopic (exact) mass is 531 g/mol. The van der Waals surface area contributed by atoms with E-state index in [-0.39, 0.29) is 17.6 Å². The van der Waals surface area contributed by atoms with Gasteiger partial charge in [0.2, 0.25) is 5.91 Å². The van der Waals surface area contributed by atoms with Crippen LogP contribution in [0.3, 0.4) is 0 Å². The van der Waals surface area contributed by atoms with E-state index >= 15 is 0 Å². The third-order valence-electron chi connectivity index (χ3n) is 4.28. The maximum absolute atomic E-state index is 12.2. The van der Waals surface area contributed by atoms with Crippen LogP contribution in [0.15, 0.2) is 41.6 Å². The first-order chi connectivity index (χ1) is 15.2. The molecular weight excluding hydrogens is 516 g/mol. The molecule has 3 aromatic rings. The van der Waals surface area contributed by atoms with E-state index in [2.05, 4.69) is 20.8 Å². The number of halogens is 4. The normalized spacial score (nSPS) is 10.8. The predicted molar refractivity (Wildman–Crippen MR) is 129 cm³/mol. The fourth-order valence-corrected chi connectivity index (χ4v) is 3.94. The van der Waals surface area contributed by atoms with Crippen molar-refractivity contribution in [3.63, 3.8) is 0 Å². The number of carbonyl (C=O) groups excluding carboxylic acids is 2. The number of anilines is 1. The maximum atomic E-state index is 12.2. The highest BCUT2D eigenvalue weighted by atomic mass is 35.5. The van der Waals surface area contributed by atoms with Gasteiger partial charge in [0, 0.05) is 31.3 Å². The molecule has 2 N–H and O–H groups in total. The molecule has 0 atom stereocenters. The fourth-order valence-electron chi connectivity index (χ4n) is 2.62. The smallest absolute Gasteiger partial charge is 0.251 e. The highest BCUT2D eigenvalue weighted by Gasteiger charge is 2.13. The van der Waals surface area contributed by atoms with Gasteiger partial charge in [-0.15, -0.1) is 10.2 Å². The average Bonchev–Trinajstić information content (AvgIpc) is 3.10.